The molecular formula is C17H36N2O. The van der Waals surface area contributed by atoms with Crippen LogP contribution in [-0.4, -0.2) is 48.3 Å². The van der Waals surface area contributed by atoms with Gasteiger partial charge in [-0.15, -0.1) is 0 Å². The predicted octanol–water partition coefficient (Wildman–Crippen LogP) is 2.88. The first-order valence-corrected chi connectivity index (χ1v) is 8.74. The molecule has 0 heterocycles. The third-order valence-corrected chi connectivity index (χ3v) is 5.03. The third kappa shape index (κ3) is 5.34. The van der Waals surface area contributed by atoms with E-state index >= 15 is 0 Å². The van der Waals surface area contributed by atoms with Crippen LogP contribution in [0.1, 0.15) is 59.8 Å². The summed E-state index contributed by atoms with van der Waals surface area (Å²) < 4.78 is 0. The summed E-state index contributed by atoms with van der Waals surface area (Å²) in [5.74, 6) is 1.60. The second-order valence-electron chi connectivity index (χ2n) is 6.53. The average molecular weight is 284 g/mol. The van der Waals surface area contributed by atoms with Crippen LogP contribution in [0, 0.1) is 11.8 Å². The molecule has 0 aliphatic heterocycles. The zero-order valence-electron chi connectivity index (χ0n) is 14.1. The van der Waals surface area contributed by atoms with Crippen molar-refractivity contribution < 1.29 is 5.11 Å². The second-order valence-corrected chi connectivity index (χ2v) is 6.53. The van der Waals surface area contributed by atoms with Crippen LogP contribution >= 0.6 is 0 Å². The van der Waals surface area contributed by atoms with Crippen molar-refractivity contribution >= 4 is 0 Å². The number of hydrogen-bond donors (Lipinski definition) is 2. The van der Waals surface area contributed by atoms with Crippen LogP contribution in [0.3, 0.4) is 0 Å². The maximum absolute atomic E-state index is 9.37. The lowest BCUT2D eigenvalue weighted by atomic mass is 9.78. The Morgan fingerprint density at radius 3 is 2.45 bits per heavy atom. The normalized spacial score (nSPS) is 27.4. The summed E-state index contributed by atoms with van der Waals surface area (Å²) in [5.41, 5.74) is 0. The quantitative estimate of drug-likeness (QED) is 0.683. The summed E-state index contributed by atoms with van der Waals surface area (Å²) in [7, 11) is 0. The van der Waals surface area contributed by atoms with Gasteiger partial charge >= 0.3 is 0 Å². The first-order chi connectivity index (χ1) is 9.65. The van der Waals surface area contributed by atoms with E-state index in [9.17, 15) is 5.11 Å². The van der Waals surface area contributed by atoms with Gasteiger partial charge in [0.2, 0.25) is 0 Å². The van der Waals surface area contributed by atoms with Crippen LogP contribution in [0.15, 0.2) is 0 Å². The van der Waals surface area contributed by atoms with Crippen molar-refractivity contribution in [1.82, 2.24) is 10.2 Å². The van der Waals surface area contributed by atoms with Gasteiger partial charge in [-0.05, 0) is 50.5 Å². The van der Waals surface area contributed by atoms with Crippen molar-refractivity contribution in [2.75, 3.05) is 26.2 Å². The number of nitrogens with zero attached hydrogens (tertiary/aromatic N) is 1. The zero-order chi connectivity index (χ0) is 15.0. The monoisotopic (exact) mass is 284 g/mol. The van der Waals surface area contributed by atoms with Crippen LogP contribution in [-0.2, 0) is 0 Å². The van der Waals surface area contributed by atoms with E-state index in [1.165, 1.54) is 32.1 Å². The Morgan fingerprint density at radius 1 is 1.20 bits per heavy atom. The molecule has 0 amide bonds. The van der Waals surface area contributed by atoms with Crippen LogP contribution in [0.2, 0.25) is 0 Å². The van der Waals surface area contributed by atoms with Crippen molar-refractivity contribution in [3.05, 3.63) is 0 Å². The number of rotatable bonds is 9. The molecule has 1 aliphatic rings. The fourth-order valence-electron chi connectivity index (χ4n) is 3.89. The SMILES string of the molecule is CCNC1CCC(C)CC1CN(CCO)C(CC)CC. The zero-order valence-corrected chi connectivity index (χ0v) is 14.1. The molecule has 0 saturated heterocycles. The minimum Gasteiger partial charge on any atom is -0.395 e. The molecule has 1 rings (SSSR count). The van der Waals surface area contributed by atoms with Gasteiger partial charge in [-0.25, -0.2) is 0 Å². The summed E-state index contributed by atoms with van der Waals surface area (Å²) >= 11 is 0. The molecule has 1 fully saturated rings. The van der Waals surface area contributed by atoms with Crippen molar-refractivity contribution in [3.8, 4) is 0 Å². The maximum atomic E-state index is 9.37. The molecule has 20 heavy (non-hydrogen) atoms. The Morgan fingerprint density at radius 2 is 1.90 bits per heavy atom. The molecule has 0 aromatic heterocycles. The molecule has 0 bridgehead atoms. The molecule has 2 N–H and O–H groups in total. The van der Waals surface area contributed by atoms with Crippen molar-refractivity contribution in [2.24, 2.45) is 11.8 Å². The smallest absolute Gasteiger partial charge is 0.0558 e. The van der Waals surface area contributed by atoms with Gasteiger partial charge < -0.3 is 10.4 Å². The molecule has 0 spiro atoms. The number of aliphatic hydroxyl groups excluding tert-OH is 1. The standard InChI is InChI=1S/C17H36N2O/c1-5-16(6-2)19(10-11-20)13-15-12-14(4)8-9-17(15)18-7-3/h14-18,20H,5-13H2,1-4H3. The molecule has 1 saturated carbocycles. The topological polar surface area (TPSA) is 35.5 Å². The van der Waals surface area contributed by atoms with E-state index in [1.807, 2.05) is 0 Å². The molecule has 120 valence electrons. The first-order valence-electron chi connectivity index (χ1n) is 8.74. The van der Waals surface area contributed by atoms with Crippen molar-refractivity contribution in [1.29, 1.82) is 0 Å². The summed E-state index contributed by atoms with van der Waals surface area (Å²) in [6.07, 6.45) is 6.38. The fourth-order valence-corrected chi connectivity index (χ4v) is 3.89. The van der Waals surface area contributed by atoms with Crippen molar-refractivity contribution in [2.45, 2.75) is 71.9 Å². The summed E-state index contributed by atoms with van der Waals surface area (Å²) in [4.78, 5) is 2.53. The minimum absolute atomic E-state index is 0.282. The highest BCUT2D eigenvalue weighted by Crippen LogP contribution is 2.30. The van der Waals surface area contributed by atoms with E-state index in [0.29, 0.717) is 12.1 Å². The van der Waals surface area contributed by atoms with Gasteiger partial charge in [0.1, 0.15) is 0 Å². The van der Waals surface area contributed by atoms with Crippen LogP contribution < -0.4 is 5.32 Å². The number of aliphatic hydroxyl groups is 1. The van der Waals surface area contributed by atoms with Crippen molar-refractivity contribution in [3.63, 3.8) is 0 Å². The molecule has 0 radical (unpaired) electrons. The first kappa shape index (κ1) is 17.9. The van der Waals surface area contributed by atoms with Gasteiger partial charge in [-0.3, -0.25) is 4.90 Å². The lowest BCUT2D eigenvalue weighted by Gasteiger charge is -2.40. The molecule has 3 nitrogen and oxygen atoms in total. The van der Waals surface area contributed by atoms with Crippen LogP contribution in [0.4, 0.5) is 0 Å². The van der Waals surface area contributed by atoms with Crippen LogP contribution in [0.25, 0.3) is 0 Å². The Hall–Kier alpha value is -0.120. The minimum atomic E-state index is 0.282. The Bertz CT molecular complexity index is 243. The maximum Gasteiger partial charge on any atom is 0.0558 e. The van der Waals surface area contributed by atoms with Crippen LogP contribution in [0.5, 0.6) is 0 Å². The molecule has 3 atom stereocenters. The lowest BCUT2D eigenvalue weighted by Crippen LogP contribution is -2.48. The van der Waals surface area contributed by atoms with E-state index in [2.05, 4.69) is 37.9 Å². The van der Waals surface area contributed by atoms with E-state index in [-0.39, 0.29) is 6.61 Å². The van der Waals surface area contributed by atoms with Gasteiger partial charge in [0.05, 0.1) is 6.61 Å². The Balaban J connectivity index is 2.66. The fraction of sp³-hybridized carbons (Fsp3) is 1.00. The van der Waals surface area contributed by atoms with Gasteiger partial charge in [0, 0.05) is 25.2 Å². The highest BCUT2D eigenvalue weighted by molar-refractivity contribution is 4.86. The number of nitrogens with one attached hydrogen (secondary N) is 1. The molecule has 3 unspecified atom stereocenters. The van der Waals surface area contributed by atoms with Gasteiger partial charge in [-0.2, -0.15) is 0 Å². The van der Waals surface area contributed by atoms with Gasteiger partial charge in [-0.1, -0.05) is 27.7 Å². The lowest BCUT2D eigenvalue weighted by molar-refractivity contribution is 0.0907. The largest absolute Gasteiger partial charge is 0.395 e. The predicted molar refractivity (Wildman–Crippen MR) is 87.0 cm³/mol. The Kier molecular flexibility index (Phi) is 8.74. The highest BCUT2D eigenvalue weighted by atomic mass is 16.3. The van der Waals surface area contributed by atoms with Gasteiger partial charge in [0.15, 0.2) is 0 Å². The number of hydrogen-bond acceptors (Lipinski definition) is 3. The second kappa shape index (κ2) is 9.75. The van der Waals surface area contributed by atoms with E-state index < -0.39 is 0 Å². The molecular weight excluding hydrogens is 248 g/mol. The Labute approximate surface area is 126 Å². The van der Waals surface area contributed by atoms with E-state index in [4.69, 9.17) is 0 Å². The summed E-state index contributed by atoms with van der Waals surface area (Å²) in [6, 6.07) is 1.30. The molecule has 1 aliphatic carbocycles. The van der Waals surface area contributed by atoms with E-state index in [0.717, 1.165) is 31.5 Å². The summed E-state index contributed by atoms with van der Waals surface area (Å²) in [6.45, 7) is 12.5. The van der Waals surface area contributed by atoms with E-state index in [1.54, 1.807) is 0 Å². The molecule has 0 aromatic rings. The third-order valence-electron chi connectivity index (χ3n) is 5.03. The molecule has 3 heteroatoms. The molecule has 0 aromatic carbocycles. The average Bonchev–Trinajstić information content (AvgIpc) is 2.43. The highest BCUT2D eigenvalue weighted by Gasteiger charge is 2.30. The van der Waals surface area contributed by atoms with Gasteiger partial charge in [0.25, 0.3) is 0 Å². The summed E-state index contributed by atoms with van der Waals surface area (Å²) in [5, 5.41) is 13.1.